The lowest BCUT2D eigenvalue weighted by atomic mass is 9.87. The first kappa shape index (κ1) is 17.4. The van der Waals surface area contributed by atoms with E-state index in [1.54, 1.807) is 6.92 Å². The van der Waals surface area contributed by atoms with Crippen LogP contribution < -0.4 is 5.32 Å². The number of carbonyl (C=O) groups excluding carboxylic acids is 2. The van der Waals surface area contributed by atoms with E-state index in [-0.39, 0.29) is 17.5 Å². The zero-order valence-corrected chi connectivity index (χ0v) is 14.6. The summed E-state index contributed by atoms with van der Waals surface area (Å²) in [4.78, 5) is 28.3. The van der Waals surface area contributed by atoms with E-state index in [1.165, 1.54) is 23.9 Å². The Labute approximate surface area is 151 Å². The molecule has 2 aromatic rings. The quantitative estimate of drug-likeness (QED) is 0.671. The molecule has 1 heterocycles. The Balaban J connectivity index is 1.62. The van der Waals surface area contributed by atoms with Gasteiger partial charge in [-0.05, 0) is 49.4 Å². The van der Waals surface area contributed by atoms with Crippen LogP contribution in [0.5, 0.6) is 0 Å². The molecule has 0 fully saturated rings. The molecule has 1 N–H and O–H groups in total. The largest absolute Gasteiger partial charge is 0.449 e. The van der Waals surface area contributed by atoms with Crippen LogP contribution >= 0.6 is 11.6 Å². The molecular formula is C19H19ClN2O3. The molecule has 1 amide bonds. The van der Waals surface area contributed by atoms with Crippen molar-refractivity contribution >= 4 is 23.5 Å². The molecule has 0 aliphatic heterocycles. The van der Waals surface area contributed by atoms with Crippen LogP contribution in [0.2, 0.25) is 5.15 Å². The number of esters is 1. The van der Waals surface area contributed by atoms with Crippen molar-refractivity contribution in [2.45, 2.75) is 38.3 Å². The number of carbonyl (C=O) groups is 2. The fraction of sp³-hybridized carbons (Fsp3) is 0.316. The average Bonchev–Trinajstić information content (AvgIpc) is 2.62. The van der Waals surface area contributed by atoms with Crippen molar-refractivity contribution in [1.82, 2.24) is 10.3 Å². The van der Waals surface area contributed by atoms with Crippen molar-refractivity contribution in [3.63, 3.8) is 0 Å². The van der Waals surface area contributed by atoms with Crippen LogP contribution in [0.15, 0.2) is 42.6 Å². The van der Waals surface area contributed by atoms with Crippen LogP contribution in [0.25, 0.3) is 0 Å². The van der Waals surface area contributed by atoms with Crippen LogP contribution in [0.4, 0.5) is 0 Å². The number of aromatic nitrogens is 1. The van der Waals surface area contributed by atoms with Crippen molar-refractivity contribution in [1.29, 1.82) is 0 Å². The summed E-state index contributed by atoms with van der Waals surface area (Å²) in [6, 6.07) is 11.1. The SMILES string of the molecule is C[C@@H](OC(=O)c1ccc(Cl)nc1)C(=O)N[C@@H]1CCCc2ccccc21. The summed E-state index contributed by atoms with van der Waals surface area (Å²) >= 11 is 5.69. The molecule has 0 spiro atoms. The Morgan fingerprint density at radius 3 is 2.84 bits per heavy atom. The Kier molecular flexibility index (Phi) is 5.34. The topological polar surface area (TPSA) is 68.3 Å². The second-order valence-corrected chi connectivity index (χ2v) is 6.46. The van der Waals surface area contributed by atoms with Crippen LogP contribution in [-0.4, -0.2) is 23.0 Å². The summed E-state index contributed by atoms with van der Waals surface area (Å²) in [5.74, 6) is -0.909. The minimum absolute atomic E-state index is 0.0456. The highest BCUT2D eigenvalue weighted by Crippen LogP contribution is 2.29. The molecule has 5 nitrogen and oxygen atoms in total. The normalized spacial score (nSPS) is 17.3. The number of rotatable bonds is 4. The number of benzene rings is 1. The Bertz CT molecular complexity index is 776. The average molecular weight is 359 g/mol. The smallest absolute Gasteiger partial charge is 0.340 e. The summed E-state index contributed by atoms with van der Waals surface area (Å²) in [7, 11) is 0. The van der Waals surface area contributed by atoms with Gasteiger partial charge in [-0.3, -0.25) is 4.79 Å². The van der Waals surface area contributed by atoms with Gasteiger partial charge in [-0.2, -0.15) is 0 Å². The Morgan fingerprint density at radius 1 is 1.28 bits per heavy atom. The van der Waals surface area contributed by atoms with Crippen LogP contribution in [0, 0.1) is 0 Å². The van der Waals surface area contributed by atoms with E-state index in [2.05, 4.69) is 16.4 Å². The summed E-state index contributed by atoms with van der Waals surface area (Å²) < 4.78 is 5.23. The standard InChI is InChI=1S/C19H19ClN2O3/c1-12(25-19(24)14-9-10-17(20)21-11-14)18(23)22-16-8-4-6-13-5-2-3-7-15(13)16/h2-3,5,7,9-12,16H,4,6,8H2,1H3,(H,22,23)/t12-,16-/m1/s1. The number of hydrogen-bond donors (Lipinski definition) is 1. The number of pyridine rings is 1. The van der Waals surface area contributed by atoms with Gasteiger partial charge >= 0.3 is 5.97 Å². The third-order valence-corrected chi connectivity index (χ3v) is 4.53. The number of amides is 1. The summed E-state index contributed by atoms with van der Waals surface area (Å²) in [6.45, 7) is 1.56. The number of aryl methyl sites for hydroxylation is 1. The van der Waals surface area contributed by atoms with Gasteiger partial charge in [0.25, 0.3) is 5.91 Å². The fourth-order valence-corrected chi connectivity index (χ4v) is 3.08. The molecule has 1 aliphatic rings. The third-order valence-electron chi connectivity index (χ3n) is 4.30. The van der Waals surface area contributed by atoms with E-state index in [1.807, 2.05) is 18.2 Å². The van der Waals surface area contributed by atoms with Crippen molar-refractivity contribution in [3.05, 3.63) is 64.4 Å². The zero-order valence-electron chi connectivity index (χ0n) is 13.9. The first-order chi connectivity index (χ1) is 12.0. The lowest BCUT2D eigenvalue weighted by Crippen LogP contribution is -2.39. The molecule has 6 heteroatoms. The van der Waals surface area contributed by atoms with Crippen LogP contribution in [-0.2, 0) is 16.0 Å². The highest BCUT2D eigenvalue weighted by atomic mass is 35.5. The molecule has 1 aliphatic carbocycles. The highest BCUT2D eigenvalue weighted by Gasteiger charge is 2.25. The van der Waals surface area contributed by atoms with Crippen molar-refractivity contribution in [3.8, 4) is 0 Å². The first-order valence-corrected chi connectivity index (χ1v) is 8.63. The van der Waals surface area contributed by atoms with Gasteiger partial charge in [0, 0.05) is 6.20 Å². The minimum atomic E-state index is -0.891. The van der Waals surface area contributed by atoms with Crippen LogP contribution in [0.3, 0.4) is 0 Å². The summed E-state index contributed by atoms with van der Waals surface area (Å²) in [5.41, 5.74) is 2.66. The van der Waals surface area contributed by atoms with Gasteiger partial charge < -0.3 is 10.1 Å². The molecule has 0 unspecified atom stereocenters. The molecule has 1 aromatic carbocycles. The van der Waals surface area contributed by atoms with E-state index in [0.717, 1.165) is 24.8 Å². The van der Waals surface area contributed by atoms with E-state index in [4.69, 9.17) is 16.3 Å². The molecule has 0 bridgehead atoms. The Morgan fingerprint density at radius 2 is 2.08 bits per heavy atom. The predicted octanol–water partition coefficient (Wildman–Crippen LogP) is 3.47. The van der Waals surface area contributed by atoms with E-state index >= 15 is 0 Å². The van der Waals surface area contributed by atoms with Crippen molar-refractivity contribution in [2.24, 2.45) is 0 Å². The summed E-state index contributed by atoms with van der Waals surface area (Å²) in [5, 5.41) is 3.28. The second kappa shape index (κ2) is 7.66. The maximum Gasteiger partial charge on any atom is 0.340 e. The lowest BCUT2D eigenvalue weighted by Gasteiger charge is -2.27. The summed E-state index contributed by atoms with van der Waals surface area (Å²) in [6.07, 6.45) is 3.36. The van der Waals surface area contributed by atoms with Gasteiger partial charge in [0.05, 0.1) is 11.6 Å². The maximum atomic E-state index is 12.4. The van der Waals surface area contributed by atoms with Gasteiger partial charge in [0.15, 0.2) is 6.10 Å². The van der Waals surface area contributed by atoms with Crippen molar-refractivity contribution < 1.29 is 14.3 Å². The molecule has 2 atom stereocenters. The minimum Gasteiger partial charge on any atom is -0.449 e. The lowest BCUT2D eigenvalue weighted by molar-refractivity contribution is -0.130. The molecule has 1 aromatic heterocycles. The highest BCUT2D eigenvalue weighted by molar-refractivity contribution is 6.29. The van der Waals surface area contributed by atoms with E-state index in [9.17, 15) is 9.59 Å². The number of hydrogen-bond acceptors (Lipinski definition) is 4. The van der Waals surface area contributed by atoms with Crippen LogP contribution in [0.1, 0.15) is 47.3 Å². The fourth-order valence-electron chi connectivity index (χ4n) is 2.97. The Hall–Kier alpha value is -2.40. The molecule has 0 saturated carbocycles. The zero-order chi connectivity index (χ0) is 17.8. The van der Waals surface area contributed by atoms with Gasteiger partial charge in [-0.1, -0.05) is 35.9 Å². The molecule has 0 radical (unpaired) electrons. The number of nitrogens with zero attached hydrogens (tertiary/aromatic N) is 1. The molecule has 25 heavy (non-hydrogen) atoms. The number of halogens is 1. The number of ether oxygens (including phenoxy) is 1. The van der Waals surface area contributed by atoms with Crippen molar-refractivity contribution in [2.75, 3.05) is 0 Å². The molecule has 0 saturated heterocycles. The number of nitrogens with one attached hydrogen (secondary N) is 1. The monoisotopic (exact) mass is 358 g/mol. The maximum absolute atomic E-state index is 12.4. The van der Waals surface area contributed by atoms with Gasteiger partial charge in [-0.15, -0.1) is 0 Å². The first-order valence-electron chi connectivity index (χ1n) is 8.25. The van der Waals surface area contributed by atoms with E-state index < -0.39 is 12.1 Å². The van der Waals surface area contributed by atoms with E-state index in [0.29, 0.717) is 5.15 Å². The van der Waals surface area contributed by atoms with Gasteiger partial charge in [0.1, 0.15) is 5.15 Å². The second-order valence-electron chi connectivity index (χ2n) is 6.07. The number of fused-ring (bicyclic) bond motifs is 1. The molecule has 3 rings (SSSR count). The van der Waals surface area contributed by atoms with Gasteiger partial charge in [0.2, 0.25) is 0 Å². The predicted molar refractivity (Wildman–Crippen MR) is 94.4 cm³/mol. The molecule has 130 valence electrons. The third kappa shape index (κ3) is 4.17. The molecular weight excluding hydrogens is 340 g/mol. The van der Waals surface area contributed by atoms with Gasteiger partial charge in [-0.25, -0.2) is 9.78 Å².